The zero-order valence-corrected chi connectivity index (χ0v) is 16.3. The van der Waals surface area contributed by atoms with E-state index in [1.165, 1.54) is 0 Å². The zero-order chi connectivity index (χ0) is 16.4. The van der Waals surface area contributed by atoms with Crippen LogP contribution >= 0.6 is 0 Å². The first-order valence-corrected chi connectivity index (χ1v) is 8.16. The minimum absolute atomic E-state index is 0. The second-order valence-corrected chi connectivity index (χ2v) is 5.61. The Labute approximate surface area is 161 Å². The smallest absolute Gasteiger partial charge is 0.0492 e. The summed E-state index contributed by atoms with van der Waals surface area (Å²) in [5.74, 6) is 0. The summed E-state index contributed by atoms with van der Waals surface area (Å²) in [6.45, 7) is 2.16. The normalized spacial score (nSPS) is 10.4. The molecule has 3 nitrogen and oxygen atoms in total. The van der Waals surface area contributed by atoms with Crippen LogP contribution in [0.3, 0.4) is 0 Å². The Morgan fingerprint density at radius 3 is 2.20 bits per heavy atom. The quantitative estimate of drug-likeness (QED) is 0.370. The number of aromatic nitrogens is 3. The molecular formula is C21H18IrN3-. The first-order chi connectivity index (χ1) is 11.9. The minimum Gasteiger partial charge on any atom is -0.408 e. The first-order valence-electron chi connectivity index (χ1n) is 8.16. The van der Waals surface area contributed by atoms with Gasteiger partial charge in [-0.05, 0) is 24.6 Å². The van der Waals surface area contributed by atoms with Gasteiger partial charge in [-0.2, -0.15) is 5.10 Å². The van der Waals surface area contributed by atoms with E-state index >= 15 is 0 Å². The summed E-state index contributed by atoms with van der Waals surface area (Å²) >= 11 is 0. The third kappa shape index (κ3) is 3.23. The number of aryl methyl sites for hydroxylation is 1. The van der Waals surface area contributed by atoms with Crippen molar-refractivity contribution in [2.45, 2.75) is 13.3 Å². The fraction of sp³-hybridized carbons (Fsp3) is 0.0952. The summed E-state index contributed by atoms with van der Waals surface area (Å²) in [5, 5.41) is 4.43. The van der Waals surface area contributed by atoms with Gasteiger partial charge in [-0.1, -0.05) is 78.1 Å². The van der Waals surface area contributed by atoms with E-state index in [9.17, 15) is 0 Å². The van der Waals surface area contributed by atoms with E-state index in [0.29, 0.717) is 0 Å². The largest absolute Gasteiger partial charge is 0.408 e. The summed E-state index contributed by atoms with van der Waals surface area (Å²) in [6, 6.07) is 26.4. The van der Waals surface area contributed by atoms with Gasteiger partial charge < -0.3 is 4.57 Å². The van der Waals surface area contributed by atoms with Crippen LogP contribution in [-0.4, -0.2) is 14.3 Å². The molecule has 0 unspecified atom stereocenters. The van der Waals surface area contributed by atoms with Crippen molar-refractivity contribution in [3.05, 3.63) is 90.9 Å². The molecule has 0 saturated heterocycles. The van der Waals surface area contributed by atoms with Gasteiger partial charge in [0.1, 0.15) is 0 Å². The van der Waals surface area contributed by atoms with Gasteiger partial charge in [0.15, 0.2) is 0 Å². The third-order valence-electron chi connectivity index (χ3n) is 4.11. The van der Waals surface area contributed by atoms with E-state index in [-0.39, 0.29) is 20.1 Å². The average molecular weight is 505 g/mol. The molecular weight excluding hydrogens is 486 g/mol. The van der Waals surface area contributed by atoms with Crippen molar-refractivity contribution in [2.75, 3.05) is 0 Å². The van der Waals surface area contributed by atoms with Crippen LogP contribution in [0.4, 0.5) is 0 Å². The summed E-state index contributed by atoms with van der Waals surface area (Å²) in [7, 11) is 0. The molecule has 0 atom stereocenters. The van der Waals surface area contributed by atoms with E-state index in [4.69, 9.17) is 0 Å². The molecule has 2 aromatic carbocycles. The molecule has 0 amide bonds. The molecule has 25 heavy (non-hydrogen) atoms. The maximum atomic E-state index is 4.43. The van der Waals surface area contributed by atoms with Crippen molar-refractivity contribution in [3.8, 4) is 22.6 Å². The Morgan fingerprint density at radius 1 is 0.920 bits per heavy atom. The van der Waals surface area contributed by atoms with Crippen molar-refractivity contribution in [1.29, 1.82) is 0 Å². The Bertz CT molecular complexity index is 926. The molecule has 1 radical (unpaired) electrons. The van der Waals surface area contributed by atoms with Crippen LogP contribution in [0.1, 0.15) is 12.6 Å². The SMILES string of the molecule is CCc1[c-]c(-n2cccn2)c(-c2ccccc2)n1-c1ccccc1.[Ir]. The fourth-order valence-electron chi connectivity index (χ4n) is 3.03. The standard InChI is InChI=1S/C21H18N3.Ir/c1-2-18-16-20(23-15-9-14-22-23)21(17-10-5-3-6-11-17)24(18)19-12-7-4-8-13-19;/h3-15H,2H2,1H3;/q-1;. The predicted octanol–water partition coefficient (Wildman–Crippen LogP) is 4.69. The number of rotatable bonds is 4. The van der Waals surface area contributed by atoms with Crippen LogP contribution in [0.25, 0.3) is 22.6 Å². The molecule has 0 spiro atoms. The van der Waals surface area contributed by atoms with Crippen LogP contribution in [-0.2, 0) is 26.5 Å². The average Bonchev–Trinajstić information content (AvgIpc) is 3.30. The van der Waals surface area contributed by atoms with E-state index < -0.39 is 0 Å². The van der Waals surface area contributed by atoms with Crippen molar-refractivity contribution >= 4 is 0 Å². The van der Waals surface area contributed by atoms with Crippen molar-refractivity contribution in [1.82, 2.24) is 14.3 Å². The zero-order valence-electron chi connectivity index (χ0n) is 13.9. The van der Waals surface area contributed by atoms with E-state index in [1.54, 1.807) is 6.20 Å². The fourth-order valence-corrected chi connectivity index (χ4v) is 3.03. The van der Waals surface area contributed by atoms with Gasteiger partial charge in [0.25, 0.3) is 0 Å². The summed E-state index contributed by atoms with van der Waals surface area (Å²) < 4.78 is 4.17. The number of benzene rings is 2. The maximum Gasteiger partial charge on any atom is 0.0492 e. The molecule has 127 valence electrons. The number of hydrogen-bond donors (Lipinski definition) is 0. The molecule has 0 aliphatic rings. The Kier molecular flexibility index (Phi) is 5.32. The van der Waals surface area contributed by atoms with Crippen molar-refractivity contribution in [2.24, 2.45) is 0 Å². The van der Waals surface area contributed by atoms with Crippen LogP contribution in [0.2, 0.25) is 0 Å². The maximum absolute atomic E-state index is 4.43. The second-order valence-electron chi connectivity index (χ2n) is 5.61. The summed E-state index contributed by atoms with van der Waals surface area (Å²) in [4.78, 5) is 0. The molecule has 4 aromatic rings. The first kappa shape index (κ1) is 17.4. The second kappa shape index (κ2) is 7.64. The minimum atomic E-state index is 0. The molecule has 4 rings (SSSR count). The molecule has 0 aliphatic carbocycles. The molecule has 2 heterocycles. The third-order valence-corrected chi connectivity index (χ3v) is 4.11. The molecule has 0 bridgehead atoms. The molecule has 0 saturated carbocycles. The van der Waals surface area contributed by atoms with E-state index in [0.717, 1.165) is 34.7 Å². The van der Waals surface area contributed by atoms with Gasteiger partial charge in [0.05, 0.1) is 0 Å². The predicted molar refractivity (Wildman–Crippen MR) is 96.5 cm³/mol. The molecule has 0 aliphatic heterocycles. The molecule has 2 aromatic heterocycles. The topological polar surface area (TPSA) is 22.8 Å². The number of hydrogen-bond acceptors (Lipinski definition) is 1. The van der Waals surface area contributed by atoms with Gasteiger partial charge in [0, 0.05) is 38.2 Å². The van der Waals surface area contributed by atoms with Gasteiger partial charge in [-0.3, -0.25) is 4.68 Å². The van der Waals surface area contributed by atoms with Crippen LogP contribution in [0.15, 0.2) is 79.1 Å². The number of nitrogens with zero attached hydrogens (tertiary/aromatic N) is 3. The van der Waals surface area contributed by atoms with Crippen molar-refractivity contribution < 1.29 is 20.1 Å². The Hall–Kier alpha value is -2.42. The van der Waals surface area contributed by atoms with Gasteiger partial charge in [-0.25, -0.2) is 6.07 Å². The van der Waals surface area contributed by atoms with E-state index in [1.807, 2.05) is 29.1 Å². The van der Waals surface area contributed by atoms with Gasteiger partial charge in [0.2, 0.25) is 0 Å². The number of para-hydroxylation sites is 1. The molecule has 0 fully saturated rings. The van der Waals surface area contributed by atoms with Crippen molar-refractivity contribution in [3.63, 3.8) is 0 Å². The van der Waals surface area contributed by atoms with Crippen LogP contribution in [0, 0.1) is 6.07 Å². The van der Waals surface area contributed by atoms with Crippen LogP contribution < -0.4 is 0 Å². The Morgan fingerprint density at radius 2 is 1.60 bits per heavy atom. The van der Waals surface area contributed by atoms with E-state index in [2.05, 4.69) is 71.2 Å². The molecule has 0 N–H and O–H groups in total. The Balaban J connectivity index is 0.00000182. The van der Waals surface area contributed by atoms with Gasteiger partial charge >= 0.3 is 0 Å². The summed E-state index contributed by atoms with van der Waals surface area (Å²) in [5.41, 5.74) is 5.53. The summed E-state index contributed by atoms with van der Waals surface area (Å²) in [6.07, 6.45) is 4.66. The monoisotopic (exact) mass is 505 g/mol. The van der Waals surface area contributed by atoms with Gasteiger partial charge in [-0.15, -0.1) is 0 Å². The molecule has 4 heteroatoms. The van der Waals surface area contributed by atoms with Crippen LogP contribution in [0.5, 0.6) is 0 Å².